The van der Waals surface area contributed by atoms with Gasteiger partial charge in [0.05, 0.1) is 20.3 Å². The van der Waals surface area contributed by atoms with Crippen LogP contribution in [0.4, 0.5) is 0 Å². The second kappa shape index (κ2) is 8.54. The van der Waals surface area contributed by atoms with Crippen LogP contribution in [0.25, 0.3) is 0 Å². The van der Waals surface area contributed by atoms with Crippen molar-refractivity contribution in [1.82, 2.24) is 5.32 Å². The summed E-state index contributed by atoms with van der Waals surface area (Å²) in [5.41, 5.74) is 9.46. The largest absolute Gasteiger partial charge is 0.497 e. The fourth-order valence-electron chi connectivity index (χ4n) is 3.78. The number of hydrogen-bond acceptors (Lipinski definition) is 5. The van der Waals surface area contributed by atoms with E-state index < -0.39 is 6.10 Å². The molecule has 0 spiro atoms. The maximum atomic E-state index is 9.94. The standard InChI is InChI=1S/C21H28N2O3/c1-25-18-7-8-19(20(11-18)26-2)21(23-13-17(24)12-22)16-9-14-5-3-4-6-15(14)10-16/h3-8,11,16-17,21,23-24H,9-10,12-13,22H2,1-2H3/t17-,21?/m1/s1. The van der Waals surface area contributed by atoms with Gasteiger partial charge in [-0.3, -0.25) is 0 Å². The Labute approximate surface area is 155 Å². The topological polar surface area (TPSA) is 76.7 Å². The van der Waals surface area contributed by atoms with E-state index in [0.29, 0.717) is 12.5 Å². The van der Waals surface area contributed by atoms with Crippen LogP contribution in [-0.4, -0.2) is 38.5 Å². The zero-order chi connectivity index (χ0) is 18.5. The lowest BCUT2D eigenvalue weighted by molar-refractivity contribution is 0.168. The van der Waals surface area contributed by atoms with E-state index in [1.807, 2.05) is 18.2 Å². The molecule has 0 bridgehead atoms. The number of benzene rings is 2. The Bertz CT molecular complexity index is 710. The Kier molecular flexibility index (Phi) is 6.14. The highest BCUT2D eigenvalue weighted by Gasteiger charge is 2.31. The van der Waals surface area contributed by atoms with Gasteiger partial charge in [0.25, 0.3) is 0 Å². The van der Waals surface area contributed by atoms with Crippen molar-refractivity contribution in [3.05, 3.63) is 59.2 Å². The van der Waals surface area contributed by atoms with Crippen LogP contribution in [0.15, 0.2) is 42.5 Å². The smallest absolute Gasteiger partial charge is 0.127 e. The van der Waals surface area contributed by atoms with Gasteiger partial charge in [0.15, 0.2) is 0 Å². The van der Waals surface area contributed by atoms with Crippen LogP contribution in [0.3, 0.4) is 0 Å². The van der Waals surface area contributed by atoms with Crippen molar-refractivity contribution < 1.29 is 14.6 Å². The lowest BCUT2D eigenvalue weighted by Crippen LogP contribution is -2.38. The Balaban J connectivity index is 1.89. The van der Waals surface area contributed by atoms with Gasteiger partial charge in [-0.1, -0.05) is 30.3 Å². The molecule has 0 heterocycles. The molecular weight excluding hydrogens is 328 g/mol. The minimum atomic E-state index is -0.564. The molecule has 0 aromatic heterocycles. The predicted molar refractivity (Wildman–Crippen MR) is 103 cm³/mol. The van der Waals surface area contributed by atoms with Gasteiger partial charge in [0.1, 0.15) is 11.5 Å². The molecule has 5 heteroatoms. The van der Waals surface area contributed by atoms with Crippen molar-refractivity contribution in [2.75, 3.05) is 27.3 Å². The minimum absolute atomic E-state index is 0.0597. The van der Waals surface area contributed by atoms with Gasteiger partial charge in [-0.05, 0) is 36.0 Å². The molecule has 1 unspecified atom stereocenters. The number of aliphatic hydroxyl groups is 1. The number of nitrogens with two attached hydrogens (primary N) is 1. The summed E-state index contributed by atoms with van der Waals surface area (Å²) in [5.74, 6) is 1.95. The van der Waals surface area contributed by atoms with Crippen molar-refractivity contribution in [3.8, 4) is 11.5 Å². The van der Waals surface area contributed by atoms with E-state index in [1.165, 1.54) is 11.1 Å². The number of hydrogen-bond donors (Lipinski definition) is 3. The highest BCUT2D eigenvalue weighted by Crippen LogP contribution is 2.39. The van der Waals surface area contributed by atoms with E-state index in [9.17, 15) is 5.11 Å². The van der Waals surface area contributed by atoms with E-state index in [1.54, 1.807) is 14.2 Å². The van der Waals surface area contributed by atoms with E-state index in [4.69, 9.17) is 15.2 Å². The van der Waals surface area contributed by atoms with E-state index in [-0.39, 0.29) is 12.6 Å². The van der Waals surface area contributed by atoms with Gasteiger partial charge in [-0.2, -0.15) is 0 Å². The van der Waals surface area contributed by atoms with Crippen LogP contribution in [0.5, 0.6) is 11.5 Å². The average molecular weight is 356 g/mol. The summed E-state index contributed by atoms with van der Waals surface area (Å²) >= 11 is 0. The van der Waals surface area contributed by atoms with Gasteiger partial charge in [-0.15, -0.1) is 0 Å². The van der Waals surface area contributed by atoms with Gasteiger partial charge >= 0.3 is 0 Å². The number of rotatable bonds is 8. The number of nitrogens with one attached hydrogen (secondary N) is 1. The molecule has 1 aliphatic carbocycles. The van der Waals surface area contributed by atoms with Gasteiger partial charge in [0, 0.05) is 30.8 Å². The number of fused-ring (bicyclic) bond motifs is 1. The van der Waals surface area contributed by atoms with Crippen LogP contribution in [0.1, 0.15) is 22.7 Å². The van der Waals surface area contributed by atoms with Crippen molar-refractivity contribution >= 4 is 0 Å². The first-order chi connectivity index (χ1) is 12.7. The summed E-state index contributed by atoms with van der Waals surface area (Å²) in [7, 11) is 3.32. The van der Waals surface area contributed by atoms with Crippen LogP contribution in [0.2, 0.25) is 0 Å². The van der Waals surface area contributed by atoms with Crippen LogP contribution < -0.4 is 20.5 Å². The molecule has 1 aliphatic rings. The normalized spacial score (nSPS) is 16.2. The highest BCUT2D eigenvalue weighted by molar-refractivity contribution is 5.44. The molecule has 0 radical (unpaired) electrons. The van der Waals surface area contributed by atoms with Crippen molar-refractivity contribution in [2.45, 2.75) is 25.0 Å². The quantitative estimate of drug-likeness (QED) is 0.675. The third-order valence-corrected chi connectivity index (χ3v) is 5.18. The molecule has 0 aliphatic heterocycles. The maximum absolute atomic E-state index is 9.94. The minimum Gasteiger partial charge on any atom is -0.497 e. The Morgan fingerprint density at radius 1 is 1.12 bits per heavy atom. The van der Waals surface area contributed by atoms with Crippen LogP contribution in [-0.2, 0) is 12.8 Å². The summed E-state index contributed by atoms with van der Waals surface area (Å²) in [6.45, 7) is 0.688. The second-order valence-electron chi connectivity index (χ2n) is 6.82. The molecule has 0 saturated carbocycles. The zero-order valence-electron chi connectivity index (χ0n) is 15.4. The molecular formula is C21H28N2O3. The fourth-order valence-corrected chi connectivity index (χ4v) is 3.78. The SMILES string of the molecule is COc1ccc(C(NC[C@H](O)CN)C2Cc3ccccc3C2)c(OC)c1. The summed E-state index contributed by atoms with van der Waals surface area (Å²) in [5, 5.41) is 13.5. The molecule has 4 N–H and O–H groups in total. The van der Waals surface area contributed by atoms with Crippen molar-refractivity contribution in [3.63, 3.8) is 0 Å². The third-order valence-electron chi connectivity index (χ3n) is 5.18. The molecule has 3 rings (SSSR count). The zero-order valence-corrected chi connectivity index (χ0v) is 15.4. The van der Waals surface area contributed by atoms with Crippen molar-refractivity contribution in [1.29, 1.82) is 0 Å². The molecule has 26 heavy (non-hydrogen) atoms. The monoisotopic (exact) mass is 356 g/mol. The Morgan fingerprint density at radius 3 is 2.38 bits per heavy atom. The molecule has 0 amide bonds. The third kappa shape index (κ3) is 4.01. The first-order valence-electron chi connectivity index (χ1n) is 9.06. The van der Waals surface area contributed by atoms with Gasteiger partial charge in [-0.25, -0.2) is 0 Å². The number of methoxy groups -OCH3 is 2. The van der Waals surface area contributed by atoms with Crippen molar-refractivity contribution in [2.24, 2.45) is 11.7 Å². The summed E-state index contributed by atoms with van der Waals surface area (Å²) in [6, 6.07) is 14.6. The predicted octanol–water partition coefficient (Wildman–Crippen LogP) is 2.07. The van der Waals surface area contributed by atoms with Gasteiger partial charge < -0.3 is 25.6 Å². The van der Waals surface area contributed by atoms with E-state index >= 15 is 0 Å². The lowest BCUT2D eigenvalue weighted by Gasteiger charge is -2.28. The van der Waals surface area contributed by atoms with E-state index in [2.05, 4.69) is 29.6 Å². The number of ether oxygens (including phenoxy) is 2. The van der Waals surface area contributed by atoms with Gasteiger partial charge in [0.2, 0.25) is 0 Å². The summed E-state index contributed by atoms with van der Waals surface area (Å²) in [4.78, 5) is 0. The first-order valence-corrected chi connectivity index (χ1v) is 9.06. The first kappa shape index (κ1) is 18.7. The average Bonchev–Trinajstić information content (AvgIpc) is 3.11. The molecule has 0 fully saturated rings. The maximum Gasteiger partial charge on any atom is 0.127 e. The highest BCUT2D eigenvalue weighted by atomic mass is 16.5. The molecule has 140 valence electrons. The summed E-state index contributed by atoms with van der Waals surface area (Å²) < 4.78 is 11.0. The van der Waals surface area contributed by atoms with E-state index in [0.717, 1.165) is 29.9 Å². The van der Waals surface area contributed by atoms with Crippen LogP contribution in [0, 0.1) is 5.92 Å². The molecule has 2 aromatic carbocycles. The fraction of sp³-hybridized carbons (Fsp3) is 0.429. The molecule has 2 aromatic rings. The number of aliphatic hydroxyl groups excluding tert-OH is 1. The molecule has 2 atom stereocenters. The lowest BCUT2D eigenvalue weighted by atomic mass is 9.89. The molecule has 0 saturated heterocycles. The molecule has 5 nitrogen and oxygen atoms in total. The Morgan fingerprint density at radius 2 is 1.81 bits per heavy atom. The second-order valence-corrected chi connectivity index (χ2v) is 6.82. The van der Waals surface area contributed by atoms with Crippen LogP contribution >= 0.6 is 0 Å². The Hall–Kier alpha value is -2.08. The summed E-state index contributed by atoms with van der Waals surface area (Å²) in [6.07, 6.45) is 1.44.